The number of ether oxygens (including phenoxy) is 2. The molecule has 0 spiro atoms. The number of aromatic nitrogens is 1. The summed E-state index contributed by atoms with van der Waals surface area (Å²) in [5.74, 6) is 0.0778. The van der Waals surface area contributed by atoms with Crippen molar-refractivity contribution in [3.63, 3.8) is 0 Å². The highest BCUT2D eigenvalue weighted by molar-refractivity contribution is 9.11. The highest BCUT2D eigenvalue weighted by atomic mass is 79.9. The number of nitro groups is 1. The average molecular weight is 535 g/mol. The van der Waals surface area contributed by atoms with E-state index in [1.165, 1.54) is 24.3 Å². The lowest BCUT2D eigenvalue weighted by Crippen LogP contribution is -2.22. The van der Waals surface area contributed by atoms with Crippen molar-refractivity contribution in [2.24, 2.45) is 0 Å². The highest BCUT2D eigenvalue weighted by Crippen LogP contribution is 2.38. The fraction of sp³-hybridized carbons (Fsp3) is 0.154. The molecule has 1 N–H and O–H groups in total. The number of hydrogen-bond acceptors (Lipinski definition) is 6. The van der Waals surface area contributed by atoms with E-state index in [-0.39, 0.29) is 22.6 Å². The number of pyridine rings is 1. The molecule has 8 nitrogen and oxygen atoms in total. The maximum Gasteiger partial charge on any atom is 0.280 e. The van der Waals surface area contributed by atoms with Gasteiger partial charge in [0.05, 0.1) is 22.1 Å². The van der Waals surface area contributed by atoms with Crippen LogP contribution in [0, 0.1) is 10.1 Å². The molecule has 35 heavy (non-hydrogen) atoms. The van der Waals surface area contributed by atoms with E-state index in [0.717, 1.165) is 27.7 Å². The third-order valence-corrected chi connectivity index (χ3v) is 6.49. The standard InChI is InChI=1S/C26H19BrN2O6/c27-17-7-8-19-18(13-17)24(15-4-2-1-3-5-15)25(26(31)28-19)21(30)9-6-16-12-22-23(35-11-10-34-22)14-20(16)29(32)33/h1-6,9,12-14H,7-8,10-11H2,(H,28,31). The number of carbonyl (C=O) groups excluding carboxylic acids is 1. The SMILES string of the molecule is O=C(C=Cc1cc2c(cc1[N+](=O)[O-])OCCO2)c1c(-c2ccccc2)c2c([nH]c1=O)CCC(Br)=C2. The Morgan fingerprint density at radius 1 is 1.09 bits per heavy atom. The highest BCUT2D eigenvalue weighted by Gasteiger charge is 2.25. The van der Waals surface area contributed by atoms with E-state index in [2.05, 4.69) is 20.9 Å². The first-order valence-electron chi connectivity index (χ1n) is 10.9. The molecule has 3 aromatic rings. The molecule has 2 heterocycles. The number of ketones is 1. The van der Waals surface area contributed by atoms with Gasteiger partial charge in [0, 0.05) is 16.8 Å². The van der Waals surface area contributed by atoms with Crippen LogP contribution in [-0.2, 0) is 6.42 Å². The third kappa shape index (κ3) is 4.42. The van der Waals surface area contributed by atoms with Crippen molar-refractivity contribution >= 4 is 39.6 Å². The van der Waals surface area contributed by atoms with Crippen molar-refractivity contribution < 1.29 is 19.2 Å². The molecule has 9 heteroatoms. The van der Waals surface area contributed by atoms with Crippen LogP contribution in [0.1, 0.15) is 33.6 Å². The van der Waals surface area contributed by atoms with Crippen LogP contribution in [0.5, 0.6) is 11.5 Å². The van der Waals surface area contributed by atoms with Crippen molar-refractivity contribution in [3.05, 3.63) is 95.9 Å². The number of benzene rings is 2. The number of fused-ring (bicyclic) bond motifs is 2. The van der Waals surface area contributed by atoms with E-state index >= 15 is 0 Å². The summed E-state index contributed by atoms with van der Waals surface area (Å²) in [6, 6.07) is 12.0. The number of aromatic amines is 1. The lowest BCUT2D eigenvalue weighted by Gasteiger charge is -2.19. The molecular formula is C26H19BrN2O6. The summed E-state index contributed by atoms with van der Waals surface area (Å²) in [5, 5.41) is 11.6. The van der Waals surface area contributed by atoms with Crippen molar-refractivity contribution in [1.29, 1.82) is 0 Å². The van der Waals surface area contributed by atoms with E-state index in [0.29, 0.717) is 30.9 Å². The maximum absolute atomic E-state index is 13.4. The smallest absolute Gasteiger partial charge is 0.280 e. The van der Waals surface area contributed by atoms with Gasteiger partial charge in [-0.15, -0.1) is 0 Å². The first kappa shape index (κ1) is 22.8. The predicted octanol–water partition coefficient (Wildman–Crippen LogP) is 5.30. The number of allylic oxidation sites excluding steroid dienone is 2. The van der Waals surface area contributed by atoms with E-state index < -0.39 is 16.3 Å². The van der Waals surface area contributed by atoms with Gasteiger partial charge in [-0.25, -0.2) is 0 Å². The summed E-state index contributed by atoms with van der Waals surface area (Å²) in [6.45, 7) is 0.618. The van der Waals surface area contributed by atoms with Gasteiger partial charge in [0.1, 0.15) is 13.2 Å². The van der Waals surface area contributed by atoms with E-state index in [1.54, 1.807) is 0 Å². The second-order valence-electron chi connectivity index (χ2n) is 8.06. The number of nitrogens with zero attached hydrogens (tertiary/aromatic N) is 1. The minimum absolute atomic E-state index is 0.0233. The second kappa shape index (κ2) is 9.34. The lowest BCUT2D eigenvalue weighted by atomic mass is 9.89. The van der Waals surface area contributed by atoms with Gasteiger partial charge in [0.15, 0.2) is 17.3 Å². The van der Waals surface area contributed by atoms with Crippen LogP contribution >= 0.6 is 15.9 Å². The maximum atomic E-state index is 13.4. The second-order valence-corrected chi connectivity index (χ2v) is 9.08. The van der Waals surface area contributed by atoms with Gasteiger partial charge >= 0.3 is 0 Å². The number of hydrogen-bond donors (Lipinski definition) is 1. The molecular weight excluding hydrogens is 516 g/mol. The molecule has 2 aliphatic rings. The topological polar surface area (TPSA) is 112 Å². The van der Waals surface area contributed by atoms with E-state index in [4.69, 9.17) is 9.47 Å². The Morgan fingerprint density at radius 3 is 2.51 bits per heavy atom. The Hall–Kier alpha value is -3.98. The molecule has 1 aliphatic carbocycles. The molecule has 0 amide bonds. The molecule has 0 bridgehead atoms. The van der Waals surface area contributed by atoms with Gasteiger partial charge < -0.3 is 14.5 Å². The number of nitro benzene ring substituents is 1. The van der Waals surface area contributed by atoms with Crippen molar-refractivity contribution in [3.8, 4) is 22.6 Å². The van der Waals surface area contributed by atoms with Gasteiger partial charge in [0.25, 0.3) is 11.2 Å². The minimum atomic E-state index is -0.563. The zero-order valence-electron chi connectivity index (χ0n) is 18.4. The van der Waals surface area contributed by atoms with Gasteiger partial charge in [-0.2, -0.15) is 0 Å². The van der Waals surface area contributed by atoms with Crippen molar-refractivity contribution in [2.75, 3.05) is 13.2 Å². The van der Waals surface area contributed by atoms with Crippen LogP contribution in [0.15, 0.2) is 57.8 Å². The first-order valence-corrected chi connectivity index (χ1v) is 11.7. The van der Waals surface area contributed by atoms with Crippen LogP contribution in [0.3, 0.4) is 0 Å². The molecule has 0 unspecified atom stereocenters. The van der Waals surface area contributed by atoms with Crippen LogP contribution in [0.4, 0.5) is 5.69 Å². The monoisotopic (exact) mass is 534 g/mol. The number of carbonyl (C=O) groups is 1. The quantitative estimate of drug-likeness (QED) is 0.206. The summed E-state index contributed by atoms with van der Waals surface area (Å²) in [5.41, 5.74) is 2.22. The summed E-state index contributed by atoms with van der Waals surface area (Å²) in [4.78, 5) is 40.4. The minimum Gasteiger partial charge on any atom is -0.486 e. The summed E-state index contributed by atoms with van der Waals surface area (Å²) in [7, 11) is 0. The summed E-state index contributed by atoms with van der Waals surface area (Å²) in [6.07, 6.45) is 5.82. The van der Waals surface area contributed by atoms with Gasteiger partial charge in [-0.05, 0) is 47.2 Å². The van der Waals surface area contributed by atoms with Crippen LogP contribution in [0.2, 0.25) is 0 Å². The zero-order chi connectivity index (χ0) is 24.5. The molecule has 2 aromatic carbocycles. The first-order chi connectivity index (χ1) is 16.9. The van der Waals surface area contributed by atoms with Crippen LogP contribution < -0.4 is 15.0 Å². The van der Waals surface area contributed by atoms with Gasteiger partial charge in [-0.1, -0.05) is 46.3 Å². The van der Waals surface area contributed by atoms with Gasteiger partial charge in [-0.3, -0.25) is 19.7 Å². The molecule has 0 atom stereocenters. The predicted molar refractivity (Wildman–Crippen MR) is 135 cm³/mol. The zero-order valence-corrected chi connectivity index (χ0v) is 20.0. The number of rotatable bonds is 5. The number of halogens is 1. The molecule has 0 radical (unpaired) electrons. The van der Waals surface area contributed by atoms with Crippen molar-refractivity contribution in [2.45, 2.75) is 12.8 Å². The Morgan fingerprint density at radius 2 is 1.80 bits per heavy atom. The molecule has 0 fully saturated rings. The van der Waals surface area contributed by atoms with E-state index in [1.807, 2.05) is 36.4 Å². The Balaban J connectivity index is 1.63. The van der Waals surface area contributed by atoms with Crippen molar-refractivity contribution in [1.82, 2.24) is 4.98 Å². The number of nitrogens with one attached hydrogen (secondary N) is 1. The third-order valence-electron chi connectivity index (χ3n) is 5.86. The largest absolute Gasteiger partial charge is 0.486 e. The molecule has 1 aliphatic heterocycles. The molecule has 1 aromatic heterocycles. The lowest BCUT2D eigenvalue weighted by molar-refractivity contribution is -0.385. The Labute approximate surface area is 208 Å². The molecule has 5 rings (SSSR count). The normalized spacial score (nSPS) is 14.4. The van der Waals surface area contributed by atoms with E-state index in [9.17, 15) is 19.7 Å². The fourth-order valence-corrected chi connectivity index (χ4v) is 4.70. The molecule has 0 saturated heterocycles. The number of aryl methyl sites for hydroxylation is 1. The molecule has 0 saturated carbocycles. The fourth-order valence-electron chi connectivity index (χ4n) is 4.27. The summed E-state index contributed by atoms with van der Waals surface area (Å²) < 4.78 is 11.9. The van der Waals surface area contributed by atoms with Crippen LogP contribution in [0.25, 0.3) is 23.3 Å². The summed E-state index contributed by atoms with van der Waals surface area (Å²) >= 11 is 3.54. The average Bonchev–Trinajstić information content (AvgIpc) is 2.86. The number of H-pyrrole nitrogens is 1. The van der Waals surface area contributed by atoms with Crippen LogP contribution in [-0.4, -0.2) is 28.9 Å². The Kier molecular flexibility index (Phi) is 6.08. The Bertz CT molecular complexity index is 1470. The van der Waals surface area contributed by atoms with Gasteiger partial charge in [0.2, 0.25) is 0 Å². The molecule has 176 valence electrons.